The maximum absolute atomic E-state index is 5.67. The molecule has 0 aliphatic carbocycles. The molecule has 0 saturated carbocycles. The van der Waals surface area contributed by atoms with Crippen molar-refractivity contribution in [3.05, 3.63) is 35.4 Å². The summed E-state index contributed by atoms with van der Waals surface area (Å²) < 4.78 is 0. The largest absolute Gasteiger partial charge is 0.330 e. The molecule has 2 nitrogen and oxygen atoms in total. The van der Waals surface area contributed by atoms with Crippen LogP contribution in [0.2, 0.25) is 0 Å². The summed E-state index contributed by atoms with van der Waals surface area (Å²) in [6.07, 6.45) is 4.94. The van der Waals surface area contributed by atoms with E-state index in [-0.39, 0.29) is 0 Å². The fraction of sp³-hybridized carbons (Fsp3) is 0.600. The van der Waals surface area contributed by atoms with Gasteiger partial charge in [-0.15, -0.1) is 0 Å². The van der Waals surface area contributed by atoms with Crippen molar-refractivity contribution in [3.8, 4) is 0 Å². The predicted octanol–water partition coefficient (Wildman–Crippen LogP) is 2.07. The van der Waals surface area contributed by atoms with Gasteiger partial charge in [-0.3, -0.25) is 0 Å². The number of hydrogen-bond donors (Lipinski definition) is 1. The molecule has 2 heteroatoms. The van der Waals surface area contributed by atoms with Crippen LogP contribution in [0.3, 0.4) is 0 Å². The molecule has 0 bridgehead atoms. The molecule has 1 aliphatic rings. The highest BCUT2D eigenvalue weighted by molar-refractivity contribution is 5.28. The quantitative estimate of drug-likeness (QED) is 0.861. The van der Waals surface area contributed by atoms with Crippen LogP contribution < -0.4 is 5.73 Å². The molecular weight excluding hydrogens is 208 g/mol. The lowest BCUT2D eigenvalue weighted by Gasteiger charge is -2.29. The van der Waals surface area contributed by atoms with Gasteiger partial charge in [0.15, 0.2) is 0 Å². The van der Waals surface area contributed by atoms with Gasteiger partial charge in [0.25, 0.3) is 0 Å². The molecule has 0 amide bonds. The van der Waals surface area contributed by atoms with E-state index in [4.69, 9.17) is 5.73 Å². The average molecular weight is 232 g/mol. The van der Waals surface area contributed by atoms with Crippen molar-refractivity contribution in [2.24, 2.45) is 11.7 Å². The van der Waals surface area contributed by atoms with Gasteiger partial charge in [-0.2, -0.15) is 0 Å². The van der Waals surface area contributed by atoms with Gasteiger partial charge in [0.2, 0.25) is 0 Å². The Morgan fingerprint density at radius 3 is 2.47 bits per heavy atom. The normalized spacial score (nSPS) is 18.5. The number of piperidine rings is 1. The van der Waals surface area contributed by atoms with E-state index < -0.39 is 0 Å². The number of nitrogens with two attached hydrogens (primary N) is 1. The maximum atomic E-state index is 5.67. The van der Waals surface area contributed by atoms with Gasteiger partial charge in [0.05, 0.1) is 0 Å². The monoisotopic (exact) mass is 232 g/mol. The smallest absolute Gasteiger partial charge is 0.00190 e. The fourth-order valence-corrected chi connectivity index (χ4v) is 2.73. The highest BCUT2D eigenvalue weighted by Gasteiger charge is 2.17. The van der Waals surface area contributed by atoms with Crippen LogP contribution in [-0.2, 0) is 12.8 Å². The van der Waals surface area contributed by atoms with Gasteiger partial charge in [-0.25, -0.2) is 0 Å². The second kappa shape index (κ2) is 6.18. The number of hydrogen-bond acceptors (Lipinski definition) is 2. The van der Waals surface area contributed by atoms with Crippen LogP contribution in [-0.4, -0.2) is 31.6 Å². The van der Waals surface area contributed by atoms with Gasteiger partial charge in [0, 0.05) is 0 Å². The molecule has 1 heterocycles. The van der Waals surface area contributed by atoms with Crippen molar-refractivity contribution in [1.82, 2.24) is 4.90 Å². The zero-order chi connectivity index (χ0) is 12.1. The van der Waals surface area contributed by atoms with Crippen LogP contribution in [0.5, 0.6) is 0 Å². The number of benzene rings is 1. The first-order valence-corrected chi connectivity index (χ1v) is 6.75. The van der Waals surface area contributed by atoms with Gasteiger partial charge >= 0.3 is 0 Å². The highest BCUT2D eigenvalue weighted by Crippen LogP contribution is 2.22. The molecule has 1 fully saturated rings. The second-order valence-electron chi connectivity index (χ2n) is 5.26. The molecule has 1 aromatic rings. The van der Waals surface area contributed by atoms with Crippen LogP contribution in [0.1, 0.15) is 24.0 Å². The standard InChI is InChI=1S/C15H24N2/c1-17-10-7-13(8-11-17)12-15-5-3-2-4-14(15)6-9-16/h2-5,13H,6-12,16H2,1H3. The highest BCUT2D eigenvalue weighted by atomic mass is 15.1. The van der Waals surface area contributed by atoms with Crippen LogP contribution in [0.4, 0.5) is 0 Å². The minimum Gasteiger partial charge on any atom is -0.330 e. The van der Waals surface area contributed by atoms with E-state index in [1.807, 2.05) is 0 Å². The van der Waals surface area contributed by atoms with E-state index in [0.29, 0.717) is 0 Å². The van der Waals surface area contributed by atoms with Crippen molar-refractivity contribution in [1.29, 1.82) is 0 Å². The molecule has 0 spiro atoms. The molecule has 1 aromatic carbocycles. The lowest BCUT2D eigenvalue weighted by Crippen LogP contribution is -2.31. The lowest BCUT2D eigenvalue weighted by atomic mass is 9.88. The first kappa shape index (κ1) is 12.6. The van der Waals surface area contributed by atoms with Crippen LogP contribution in [0.15, 0.2) is 24.3 Å². The summed E-state index contributed by atoms with van der Waals surface area (Å²) in [5.74, 6) is 0.866. The van der Waals surface area contributed by atoms with E-state index in [0.717, 1.165) is 18.9 Å². The third kappa shape index (κ3) is 3.55. The topological polar surface area (TPSA) is 29.3 Å². The van der Waals surface area contributed by atoms with Crippen molar-refractivity contribution >= 4 is 0 Å². The predicted molar refractivity (Wildman–Crippen MR) is 73.1 cm³/mol. The van der Waals surface area contributed by atoms with Crippen LogP contribution >= 0.6 is 0 Å². The second-order valence-corrected chi connectivity index (χ2v) is 5.26. The molecule has 2 N–H and O–H groups in total. The molecule has 0 radical (unpaired) electrons. The summed E-state index contributed by atoms with van der Waals surface area (Å²) in [5.41, 5.74) is 8.65. The van der Waals surface area contributed by atoms with Crippen LogP contribution in [0, 0.1) is 5.92 Å². The van der Waals surface area contributed by atoms with E-state index in [9.17, 15) is 0 Å². The van der Waals surface area contributed by atoms with E-state index >= 15 is 0 Å². The minimum absolute atomic E-state index is 0.754. The molecule has 2 rings (SSSR count). The Kier molecular flexibility index (Phi) is 4.57. The minimum atomic E-state index is 0.754. The molecule has 17 heavy (non-hydrogen) atoms. The van der Waals surface area contributed by atoms with Crippen LogP contribution in [0.25, 0.3) is 0 Å². The lowest BCUT2D eigenvalue weighted by molar-refractivity contribution is 0.219. The zero-order valence-corrected chi connectivity index (χ0v) is 10.9. The number of likely N-dealkylation sites (tertiary alicyclic amines) is 1. The average Bonchev–Trinajstić information content (AvgIpc) is 2.35. The summed E-state index contributed by atoms with van der Waals surface area (Å²) in [6.45, 7) is 3.26. The number of rotatable bonds is 4. The fourth-order valence-electron chi connectivity index (χ4n) is 2.73. The molecule has 0 unspecified atom stereocenters. The van der Waals surface area contributed by atoms with Gasteiger partial charge in [0.1, 0.15) is 0 Å². The Bertz CT molecular complexity index is 341. The number of nitrogens with zero attached hydrogens (tertiary/aromatic N) is 1. The first-order valence-electron chi connectivity index (χ1n) is 6.75. The Labute approximate surface area is 105 Å². The Hall–Kier alpha value is -0.860. The Morgan fingerprint density at radius 2 is 1.82 bits per heavy atom. The first-order chi connectivity index (χ1) is 8.29. The van der Waals surface area contributed by atoms with Gasteiger partial charge in [-0.05, 0) is 69.4 Å². The third-order valence-electron chi connectivity index (χ3n) is 3.88. The third-order valence-corrected chi connectivity index (χ3v) is 3.88. The molecule has 0 aromatic heterocycles. The molecular formula is C15H24N2. The maximum Gasteiger partial charge on any atom is -0.00190 e. The van der Waals surface area contributed by atoms with E-state index in [2.05, 4.69) is 36.2 Å². The van der Waals surface area contributed by atoms with E-state index in [1.165, 1.54) is 43.5 Å². The molecule has 1 saturated heterocycles. The van der Waals surface area contributed by atoms with Gasteiger partial charge < -0.3 is 10.6 Å². The SMILES string of the molecule is CN1CCC(Cc2ccccc2CCN)CC1. The van der Waals surface area contributed by atoms with Crippen molar-refractivity contribution in [2.45, 2.75) is 25.7 Å². The Morgan fingerprint density at radius 1 is 1.18 bits per heavy atom. The summed E-state index contributed by atoms with van der Waals surface area (Å²) in [4.78, 5) is 2.43. The van der Waals surface area contributed by atoms with Gasteiger partial charge in [-0.1, -0.05) is 24.3 Å². The summed E-state index contributed by atoms with van der Waals surface area (Å²) >= 11 is 0. The van der Waals surface area contributed by atoms with E-state index in [1.54, 1.807) is 0 Å². The zero-order valence-electron chi connectivity index (χ0n) is 10.9. The summed E-state index contributed by atoms with van der Waals surface area (Å²) in [6, 6.07) is 8.80. The molecule has 94 valence electrons. The molecule has 1 aliphatic heterocycles. The van der Waals surface area contributed by atoms with Crippen molar-refractivity contribution in [3.63, 3.8) is 0 Å². The summed E-state index contributed by atoms with van der Waals surface area (Å²) in [7, 11) is 2.22. The Balaban J connectivity index is 1.98. The van der Waals surface area contributed by atoms with Crippen molar-refractivity contribution < 1.29 is 0 Å². The van der Waals surface area contributed by atoms with Crippen molar-refractivity contribution in [2.75, 3.05) is 26.7 Å². The molecule has 0 atom stereocenters. The summed E-state index contributed by atoms with van der Waals surface area (Å²) in [5, 5.41) is 0.